The number of rotatable bonds is 6. The molecule has 94 valence electrons. The monoisotopic (exact) mass is 234 g/mol. The zero-order chi connectivity index (χ0) is 11.9. The van der Waals surface area contributed by atoms with E-state index in [2.05, 4.69) is 15.2 Å². The number of hydrogen-bond acceptors (Lipinski definition) is 4. The number of nitrogen functional groups attached to an aromatic ring is 1. The van der Waals surface area contributed by atoms with E-state index in [1.165, 1.54) is 45.3 Å². The van der Waals surface area contributed by atoms with Gasteiger partial charge in [0.2, 0.25) is 0 Å². The Kier molecular flexibility index (Phi) is 4.62. The largest absolute Gasteiger partial charge is 0.396 e. The number of aromatic nitrogens is 1. The van der Waals surface area contributed by atoms with Gasteiger partial charge >= 0.3 is 0 Å². The molecule has 1 fully saturated rings. The average Bonchev–Trinajstić information content (AvgIpc) is 2.84. The minimum absolute atomic E-state index is 0.729. The summed E-state index contributed by atoms with van der Waals surface area (Å²) >= 11 is 0. The number of unbranched alkanes of at least 4 members (excludes halogenated alkanes) is 1. The summed E-state index contributed by atoms with van der Waals surface area (Å²) in [5, 5.41) is 3.28. The molecule has 1 aliphatic rings. The van der Waals surface area contributed by atoms with Gasteiger partial charge in [-0.25, -0.2) is 4.98 Å². The number of anilines is 2. The normalized spacial score (nSPS) is 16.2. The predicted molar refractivity (Wildman–Crippen MR) is 72.0 cm³/mol. The number of hydrogen-bond donors (Lipinski definition) is 2. The van der Waals surface area contributed by atoms with Crippen LogP contribution in [0, 0.1) is 0 Å². The Hall–Kier alpha value is -1.29. The Balaban J connectivity index is 1.58. The molecule has 17 heavy (non-hydrogen) atoms. The van der Waals surface area contributed by atoms with Crippen LogP contribution >= 0.6 is 0 Å². The van der Waals surface area contributed by atoms with E-state index in [-0.39, 0.29) is 0 Å². The van der Waals surface area contributed by atoms with Crippen molar-refractivity contribution in [1.29, 1.82) is 0 Å². The van der Waals surface area contributed by atoms with Crippen molar-refractivity contribution in [3.8, 4) is 0 Å². The number of likely N-dealkylation sites (tertiary alicyclic amines) is 1. The first-order valence-electron chi connectivity index (χ1n) is 6.53. The minimum Gasteiger partial charge on any atom is -0.396 e. The third-order valence-corrected chi connectivity index (χ3v) is 3.23. The zero-order valence-corrected chi connectivity index (χ0v) is 10.4. The molecular weight excluding hydrogens is 212 g/mol. The van der Waals surface area contributed by atoms with Crippen LogP contribution in [-0.4, -0.2) is 36.1 Å². The van der Waals surface area contributed by atoms with Gasteiger partial charge in [0.25, 0.3) is 0 Å². The highest BCUT2D eigenvalue weighted by molar-refractivity contribution is 5.60. The quantitative estimate of drug-likeness (QED) is 0.739. The molecule has 4 heteroatoms. The standard InChI is InChI=1S/C13H22N4/c14-12-6-5-8-16-13(12)15-7-1-2-9-17-10-3-4-11-17/h5-6,8H,1-4,7,9-11,14H2,(H,15,16). The van der Waals surface area contributed by atoms with Crippen molar-refractivity contribution in [3.05, 3.63) is 18.3 Å². The second kappa shape index (κ2) is 6.45. The van der Waals surface area contributed by atoms with E-state index in [0.29, 0.717) is 0 Å². The van der Waals surface area contributed by atoms with Gasteiger partial charge in [0.1, 0.15) is 5.82 Å². The number of pyridine rings is 1. The van der Waals surface area contributed by atoms with Crippen molar-refractivity contribution < 1.29 is 0 Å². The molecule has 3 N–H and O–H groups in total. The van der Waals surface area contributed by atoms with Gasteiger partial charge < -0.3 is 16.0 Å². The first-order chi connectivity index (χ1) is 8.36. The van der Waals surface area contributed by atoms with Crippen molar-refractivity contribution in [2.45, 2.75) is 25.7 Å². The molecule has 1 aliphatic heterocycles. The van der Waals surface area contributed by atoms with Gasteiger partial charge in [-0.15, -0.1) is 0 Å². The van der Waals surface area contributed by atoms with Crippen molar-refractivity contribution in [3.63, 3.8) is 0 Å². The molecule has 0 aliphatic carbocycles. The minimum atomic E-state index is 0.729. The van der Waals surface area contributed by atoms with E-state index in [4.69, 9.17) is 5.73 Å². The lowest BCUT2D eigenvalue weighted by Gasteiger charge is -2.14. The zero-order valence-electron chi connectivity index (χ0n) is 10.4. The van der Waals surface area contributed by atoms with Gasteiger partial charge in [-0.3, -0.25) is 0 Å². The summed E-state index contributed by atoms with van der Waals surface area (Å²) in [6.45, 7) is 4.77. The van der Waals surface area contributed by atoms with Gasteiger partial charge in [-0.2, -0.15) is 0 Å². The van der Waals surface area contributed by atoms with Crippen LogP contribution in [0.4, 0.5) is 11.5 Å². The molecule has 0 atom stereocenters. The van der Waals surface area contributed by atoms with E-state index in [1.54, 1.807) is 6.20 Å². The van der Waals surface area contributed by atoms with E-state index in [1.807, 2.05) is 12.1 Å². The van der Waals surface area contributed by atoms with Crippen LogP contribution in [0.1, 0.15) is 25.7 Å². The van der Waals surface area contributed by atoms with Crippen LogP contribution in [0.3, 0.4) is 0 Å². The summed E-state index contributed by atoms with van der Waals surface area (Å²) in [4.78, 5) is 6.76. The fourth-order valence-electron chi connectivity index (χ4n) is 2.24. The van der Waals surface area contributed by atoms with E-state index in [9.17, 15) is 0 Å². The smallest absolute Gasteiger partial charge is 0.149 e. The van der Waals surface area contributed by atoms with Gasteiger partial charge in [0.15, 0.2) is 0 Å². The van der Waals surface area contributed by atoms with Crippen LogP contribution in [0.5, 0.6) is 0 Å². The first-order valence-corrected chi connectivity index (χ1v) is 6.53. The predicted octanol–water partition coefficient (Wildman–Crippen LogP) is 1.95. The molecule has 0 bridgehead atoms. The van der Waals surface area contributed by atoms with Crippen LogP contribution in [0.25, 0.3) is 0 Å². The highest BCUT2D eigenvalue weighted by Crippen LogP contribution is 2.13. The van der Waals surface area contributed by atoms with Crippen LogP contribution in [-0.2, 0) is 0 Å². The summed E-state index contributed by atoms with van der Waals surface area (Å²) in [5.41, 5.74) is 6.53. The Bertz CT molecular complexity index is 334. The summed E-state index contributed by atoms with van der Waals surface area (Å²) in [7, 11) is 0. The first kappa shape index (κ1) is 12.2. The third kappa shape index (κ3) is 3.89. The molecule has 0 radical (unpaired) electrons. The maximum atomic E-state index is 5.80. The van der Waals surface area contributed by atoms with Gasteiger partial charge in [0.05, 0.1) is 5.69 Å². The topological polar surface area (TPSA) is 54.2 Å². The van der Waals surface area contributed by atoms with Gasteiger partial charge in [0, 0.05) is 12.7 Å². The van der Waals surface area contributed by atoms with Crippen molar-refractivity contribution in [2.75, 3.05) is 37.2 Å². The molecule has 2 rings (SSSR count). The maximum absolute atomic E-state index is 5.80. The Labute approximate surface area is 103 Å². The molecule has 0 amide bonds. The fourth-order valence-corrected chi connectivity index (χ4v) is 2.24. The van der Waals surface area contributed by atoms with Crippen LogP contribution in [0.2, 0.25) is 0 Å². The number of nitrogens with zero attached hydrogens (tertiary/aromatic N) is 2. The summed E-state index contributed by atoms with van der Waals surface area (Å²) in [6.07, 6.45) is 6.95. The summed E-state index contributed by atoms with van der Waals surface area (Å²) in [6, 6.07) is 3.73. The van der Waals surface area contributed by atoms with Crippen LogP contribution in [0.15, 0.2) is 18.3 Å². The molecule has 1 aromatic rings. The third-order valence-electron chi connectivity index (χ3n) is 3.23. The number of nitrogens with one attached hydrogen (secondary N) is 1. The van der Waals surface area contributed by atoms with Crippen molar-refractivity contribution in [2.24, 2.45) is 0 Å². The molecule has 4 nitrogen and oxygen atoms in total. The fraction of sp³-hybridized carbons (Fsp3) is 0.615. The lowest BCUT2D eigenvalue weighted by atomic mass is 10.3. The molecule has 1 saturated heterocycles. The second-order valence-corrected chi connectivity index (χ2v) is 4.62. The molecular formula is C13H22N4. The van der Waals surface area contributed by atoms with E-state index in [0.717, 1.165) is 18.1 Å². The summed E-state index contributed by atoms with van der Waals surface area (Å²) in [5.74, 6) is 0.814. The molecule has 2 heterocycles. The van der Waals surface area contributed by atoms with Crippen molar-refractivity contribution >= 4 is 11.5 Å². The number of nitrogens with two attached hydrogens (primary N) is 1. The maximum Gasteiger partial charge on any atom is 0.149 e. The Morgan fingerprint density at radius 2 is 2.12 bits per heavy atom. The van der Waals surface area contributed by atoms with Crippen LogP contribution < -0.4 is 11.1 Å². The Morgan fingerprint density at radius 1 is 1.29 bits per heavy atom. The molecule has 1 aromatic heterocycles. The molecule has 0 saturated carbocycles. The molecule has 0 aromatic carbocycles. The van der Waals surface area contributed by atoms with Crippen molar-refractivity contribution in [1.82, 2.24) is 9.88 Å². The molecule has 0 spiro atoms. The highest BCUT2D eigenvalue weighted by atomic mass is 15.1. The van der Waals surface area contributed by atoms with E-state index < -0.39 is 0 Å². The van der Waals surface area contributed by atoms with E-state index >= 15 is 0 Å². The summed E-state index contributed by atoms with van der Waals surface area (Å²) < 4.78 is 0. The SMILES string of the molecule is Nc1cccnc1NCCCCN1CCCC1. The molecule has 0 unspecified atom stereocenters. The average molecular weight is 234 g/mol. The lowest BCUT2D eigenvalue weighted by molar-refractivity contribution is 0.331. The van der Waals surface area contributed by atoms with Gasteiger partial charge in [-0.05, 0) is 57.5 Å². The lowest BCUT2D eigenvalue weighted by Crippen LogP contribution is -2.21. The Morgan fingerprint density at radius 3 is 2.88 bits per heavy atom. The highest BCUT2D eigenvalue weighted by Gasteiger charge is 2.09. The second-order valence-electron chi connectivity index (χ2n) is 4.62. The van der Waals surface area contributed by atoms with Gasteiger partial charge in [-0.1, -0.05) is 0 Å².